The lowest BCUT2D eigenvalue weighted by Gasteiger charge is -2.13. The van der Waals surface area contributed by atoms with Gasteiger partial charge in [-0.15, -0.1) is 11.5 Å². The summed E-state index contributed by atoms with van der Waals surface area (Å²) in [6.07, 6.45) is 0. The van der Waals surface area contributed by atoms with Crippen LogP contribution in [0.4, 0.5) is 0 Å². The predicted octanol–water partition coefficient (Wildman–Crippen LogP) is 3.77. The van der Waals surface area contributed by atoms with Crippen LogP contribution in [0.2, 0.25) is 0 Å². The van der Waals surface area contributed by atoms with Crippen LogP contribution in [0.3, 0.4) is 0 Å². The molecule has 1 rings (SSSR count). The van der Waals surface area contributed by atoms with Crippen LogP contribution in [0.5, 0.6) is 0 Å². The summed E-state index contributed by atoms with van der Waals surface area (Å²) in [6.45, 7) is 11.5. The molecule has 0 aliphatic carbocycles. The number of aryl methyl sites for hydroxylation is 1. The highest BCUT2D eigenvalue weighted by atomic mass is 14.8. The van der Waals surface area contributed by atoms with Crippen molar-refractivity contribution >= 4 is 11.3 Å². The molecular weight excluding hydrogens is 194 g/mol. The fourth-order valence-corrected chi connectivity index (χ4v) is 1.71. The van der Waals surface area contributed by atoms with Crippen LogP contribution in [0.15, 0.2) is 42.8 Å². The first-order valence-corrected chi connectivity index (χ1v) is 5.20. The van der Waals surface area contributed by atoms with E-state index in [1.54, 1.807) is 0 Å². The molecule has 0 saturated heterocycles. The Kier molecular flexibility index (Phi) is 3.96. The molecule has 1 aromatic carbocycles. The van der Waals surface area contributed by atoms with Gasteiger partial charge in [-0.05, 0) is 30.5 Å². The largest absolute Gasteiger partial charge is 0.381 e. The second-order valence-electron chi connectivity index (χ2n) is 3.60. The third-order valence-corrected chi connectivity index (χ3v) is 2.62. The zero-order chi connectivity index (χ0) is 12.1. The lowest BCUT2D eigenvalue weighted by atomic mass is 9.95. The van der Waals surface area contributed by atoms with Crippen molar-refractivity contribution in [3.63, 3.8) is 0 Å². The molecule has 0 atom stereocenters. The molecule has 0 amide bonds. The lowest BCUT2D eigenvalue weighted by molar-refractivity contribution is 1.12. The van der Waals surface area contributed by atoms with E-state index in [0.717, 1.165) is 22.4 Å². The highest BCUT2D eigenvalue weighted by Crippen LogP contribution is 2.25. The smallest absolute Gasteiger partial charge is 0.0847 e. The summed E-state index contributed by atoms with van der Waals surface area (Å²) in [7, 11) is 1.87. The topological polar surface area (TPSA) is 12.0 Å². The van der Waals surface area contributed by atoms with Gasteiger partial charge < -0.3 is 5.32 Å². The fraction of sp³-hybridized carbons (Fsp3) is 0.200. The first-order valence-electron chi connectivity index (χ1n) is 5.20. The molecule has 0 aliphatic rings. The molecule has 0 heterocycles. The summed E-state index contributed by atoms with van der Waals surface area (Å²) in [5.74, 6) is 0. The Labute approximate surface area is 99.0 Å². The van der Waals surface area contributed by atoms with Gasteiger partial charge in [-0.2, -0.15) is 0 Å². The summed E-state index contributed by atoms with van der Waals surface area (Å²) in [5, 5.41) is 3.11. The number of benzene rings is 1. The maximum absolute atomic E-state index is 3.71. The predicted molar refractivity (Wildman–Crippen MR) is 73.1 cm³/mol. The molecule has 0 aromatic heterocycles. The Balaban J connectivity index is 0.00000256. The first kappa shape index (κ1) is 12.1. The van der Waals surface area contributed by atoms with E-state index in [1.165, 1.54) is 5.56 Å². The number of hydrogen-bond donors (Lipinski definition) is 1. The number of allylic oxidation sites excluding steroid dienone is 1. The zero-order valence-corrected chi connectivity index (χ0v) is 10.1. The van der Waals surface area contributed by atoms with E-state index in [-0.39, 0.29) is 1.43 Å². The van der Waals surface area contributed by atoms with E-state index >= 15 is 0 Å². The molecule has 0 saturated carbocycles. The van der Waals surface area contributed by atoms with Crippen LogP contribution in [0, 0.1) is 6.92 Å². The van der Waals surface area contributed by atoms with Gasteiger partial charge in [0.05, 0.1) is 5.70 Å². The molecule has 0 bridgehead atoms. The Morgan fingerprint density at radius 3 is 2.50 bits per heavy atom. The Morgan fingerprint density at radius 2 is 2.00 bits per heavy atom. The van der Waals surface area contributed by atoms with Crippen molar-refractivity contribution in [3.05, 3.63) is 59.5 Å². The van der Waals surface area contributed by atoms with Crippen LogP contribution >= 0.6 is 0 Å². The van der Waals surface area contributed by atoms with E-state index in [9.17, 15) is 0 Å². The Bertz CT molecular complexity index is 502. The van der Waals surface area contributed by atoms with Crippen molar-refractivity contribution in [2.24, 2.45) is 0 Å². The molecule has 84 valence electrons. The maximum atomic E-state index is 3.71. The Hall–Kier alpha value is -1.94. The first-order chi connectivity index (χ1) is 7.65. The number of nitrogens with one attached hydrogen (secondary N) is 1. The minimum atomic E-state index is 0. The highest BCUT2D eigenvalue weighted by molar-refractivity contribution is 5.79. The van der Waals surface area contributed by atoms with Gasteiger partial charge in [-0.3, -0.25) is 0 Å². The monoisotopic (exact) mass is 213 g/mol. The molecule has 1 heteroatoms. The van der Waals surface area contributed by atoms with E-state index < -0.39 is 0 Å². The summed E-state index contributed by atoms with van der Waals surface area (Å²) in [5.41, 5.74) is 11.2. The normalized spacial score (nSPS) is 8.94. The molecule has 0 radical (unpaired) electrons. The van der Waals surface area contributed by atoms with Gasteiger partial charge in [0, 0.05) is 14.0 Å². The van der Waals surface area contributed by atoms with Gasteiger partial charge in [0.25, 0.3) is 0 Å². The van der Waals surface area contributed by atoms with E-state index in [0.29, 0.717) is 0 Å². The van der Waals surface area contributed by atoms with Crippen LogP contribution in [0.25, 0.3) is 11.3 Å². The molecule has 0 spiro atoms. The van der Waals surface area contributed by atoms with E-state index in [2.05, 4.69) is 49.0 Å². The minimum absolute atomic E-state index is 0. The quantitative estimate of drug-likeness (QED) is 0.753. The molecule has 1 aromatic rings. The molecule has 16 heavy (non-hydrogen) atoms. The average molecular weight is 213 g/mol. The molecule has 0 unspecified atom stereocenters. The van der Waals surface area contributed by atoms with Gasteiger partial charge in [0.1, 0.15) is 0 Å². The van der Waals surface area contributed by atoms with Crippen molar-refractivity contribution in [2.45, 2.75) is 13.8 Å². The third-order valence-electron chi connectivity index (χ3n) is 2.62. The SMILES string of the molecule is C=C=C(C)c1cccc(C)c1C(=C=C)NC.[HH]. The van der Waals surface area contributed by atoms with Crippen molar-refractivity contribution < 1.29 is 1.43 Å². The second-order valence-corrected chi connectivity index (χ2v) is 3.60. The van der Waals surface area contributed by atoms with E-state index in [1.807, 2.05) is 20.0 Å². The number of hydrogen-bond acceptors (Lipinski definition) is 1. The third kappa shape index (κ3) is 2.17. The fourth-order valence-electron chi connectivity index (χ4n) is 1.71. The van der Waals surface area contributed by atoms with Gasteiger partial charge in [-0.25, -0.2) is 0 Å². The van der Waals surface area contributed by atoms with Crippen molar-refractivity contribution in [3.8, 4) is 0 Å². The Morgan fingerprint density at radius 1 is 1.31 bits per heavy atom. The van der Waals surface area contributed by atoms with E-state index in [4.69, 9.17) is 0 Å². The van der Waals surface area contributed by atoms with Crippen LogP contribution in [-0.4, -0.2) is 7.05 Å². The van der Waals surface area contributed by atoms with Crippen LogP contribution < -0.4 is 5.32 Å². The molecule has 1 N–H and O–H groups in total. The zero-order valence-electron chi connectivity index (χ0n) is 10.1. The summed E-state index contributed by atoms with van der Waals surface area (Å²) >= 11 is 0. The van der Waals surface area contributed by atoms with Crippen LogP contribution in [0.1, 0.15) is 25.0 Å². The molecular formula is C15H19N. The summed E-state index contributed by atoms with van der Waals surface area (Å²) in [4.78, 5) is 0. The van der Waals surface area contributed by atoms with Gasteiger partial charge in [-0.1, -0.05) is 31.4 Å². The lowest BCUT2D eigenvalue weighted by Crippen LogP contribution is -2.07. The maximum Gasteiger partial charge on any atom is 0.0847 e. The average Bonchev–Trinajstić information content (AvgIpc) is 2.31. The molecule has 0 fully saturated rings. The summed E-state index contributed by atoms with van der Waals surface area (Å²) < 4.78 is 0. The standard InChI is InChI=1S/C15H17N.H2/c1-6-11(3)13-10-8-9-12(4)15(13)14(7-2)16-5;/h8-10,16H,1-2H2,3-5H3;1H. The summed E-state index contributed by atoms with van der Waals surface area (Å²) in [6, 6.07) is 6.17. The minimum Gasteiger partial charge on any atom is -0.381 e. The molecule has 0 aliphatic heterocycles. The van der Waals surface area contributed by atoms with Crippen molar-refractivity contribution in [1.29, 1.82) is 0 Å². The number of rotatable bonds is 3. The van der Waals surface area contributed by atoms with Crippen molar-refractivity contribution in [1.82, 2.24) is 5.32 Å². The van der Waals surface area contributed by atoms with Gasteiger partial charge >= 0.3 is 0 Å². The van der Waals surface area contributed by atoms with Gasteiger partial charge in [0.2, 0.25) is 0 Å². The van der Waals surface area contributed by atoms with Crippen molar-refractivity contribution in [2.75, 3.05) is 7.05 Å². The second kappa shape index (κ2) is 5.23. The van der Waals surface area contributed by atoms with Crippen LogP contribution in [-0.2, 0) is 0 Å². The molecule has 1 nitrogen and oxygen atoms in total. The highest BCUT2D eigenvalue weighted by Gasteiger charge is 2.10. The van der Waals surface area contributed by atoms with Gasteiger partial charge in [0.15, 0.2) is 0 Å².